The summed E-state index contributed by atoms with van der Waals surface area (Å²) in [6.07, 6.45) is 9.48. The first-order chi connectivity index (χ1) is 12.3. The molecule has 25 heavy (non-hydrogen) atoms. The number of pyridine rings is 1. The Morgan fingerprint density at radius 3 is 2.56 bits per heavy atom. The average molecular weight is 337 g/mol. The molecule has 1 aliphatic rings. The predicted molar refractivity (Wildman–Crippen MR) is 103 cm³/mol. The summed E-state index contributed by atoms with van der Waals surface area (Å²) < 4.78 is 0. The molecule has 1 heterocycles. The van der Waals surface area contributed by atoms with E-state index in [0.29, 0.717) is 0 Å². The molecular formula is C21H27N3O. The number of rotatable bonds is 7. The number of nitrogens with one attached hydrogen (secondary N) is 2. The van der Waals surface area contributed by atoms with E-state index >= 15 is 0 Å². The van der Waals surface area contributed by atoms with Crippen LogP contribution in [0, 0.1) is 5.92 Å². The van der Waals surface area contributed by atoms with Crippen molar-refractivity contribution >= 4 is 17.4 Å². The summed E-state index contributed by atoms with van der Waals surface area (Å²) in [4.78, 5) is 16.6. The van der Waals surface area contributed by atoms with Gasteiger partial charge in [0.1, 0.15) is 5.82 Å². The normalized spacial score (nSPS) is 14.9. The molecule has 1 aliphatic carbocycles. The van der Waals surface area contributed by atoms with Crippen LogP contribution in [0.5, 0.6) is 0 Å². The Morgan fingerprint density at radius 1 is 1.04 bits per heavy atom. The summed E-state index contributed by atoms with van der Waals surface area (Å²) in [5.74, 6) is 1.17. The van der Waals surface area contributed by atoms with Gasteiger partial charge >= 0.3 is 0 Å². The van der Waals surface area contributed by atoms with E-state index in [9.17, 15) is 4.79 Å². The fourth-order valence-electron chi connectivity index (χ4n) is 3.34. The Morgan fingerprint density at radius 2 is 1.84 bits per heavy atom. The van der Waals surface area contributed by atoms with Crippen molar-refractivity contribution in [3.8, 4) is 0 Å². The van der Waals surface area contributed by atoms with E-state index in [1.54, 1.807) is 6.20 Å². The number of hydrogen-bond acceptors (Lipinski definition) is 3. The van der Waals surface area contributed by atoms with Gasteiger partial charge < -0.3 is 10.6 Å². The van der Waals surface area contributed by atoms with Crippen LogP contribution in [0.15, 0.2) is 48.7 Å². The highest BCUT2D eigenvalue weighted by Crippen LogP contribution is 2.25. The molecule has 0 radical (unpaired) electrons. The van der Waals surface area contributed by atoms with E-state index in [1.165, 1.54) is 24.8 Å². The molecule has 3 rings (SSSR count). The Bertz CT molecular complexity index is 649. The van der Waals surface area contributed by atoms with E-state index in [0.717, 1.165) is 43.7 Å². The zero-order valence-corrected chi connectivity index (χ0v) is 14.7. The summed E-state index contributed by atoms with van der Waals surface area (Å²) in [7, 11) is 0. The molecule has 4 nitrogen and oxygen atoms in total. The third-order valence-electron chi connectivity index (χ3n) is 4.80. The van der Waals surface area contributed by atoms with Gasteiger partial charge in [0.15, 0.2) is 0 Å². The molecule has 0 unspecified atom stereocenters. The largest absolute Gasteiger partial charge is 0.370 e. The molecule has 4 heteroatoms. The number of aryl methyl sites for hydroxylation is 1. The lowest BCUT2D eigenvalue weighted by Crippen LogP contribution is -2.24. The molecule has 0 aliphatic heterocycles. The number of hydrogen-bond donors (Lipinski definition) is 2. The van der Waals surface area contributed by atoms with Gasteiger partial charge in [0, 0.05) is 12.5 Å². The first-order valence-electron chi connectivity index (χ1n) is 9.36. The minimum Gasteiger partial charge on any atom is -0.370 e. The fraction of sp³-hybridized carbons (Fsp3) is 0.429. The Hall–Kier alpha value is -2.36. The highest BCUT2D eigenvalue weighted by atomic mass is 16.1. The highest BCUT2D eigenvalue weighted by Gasteiger charge is 2.20. The third-order valence-corrected chi connectivity index (χ3v) is 4.80. The number of benzene rings is 1. The molecule has 1 aromatic heterocycles. The maximum atomic E-state index is 12.2. The minimum atomic E-state index is 0.144. The molecule has 132 valence electrons. The van der Waals surface area contributed by atoms with Gasteiger partial charge in [-0.25, -0.2) is 4.98 Å². The molecule has 1 aromatic carbocycles. The first-order valence-corrected chi connectivity index (χ1v) is 9.36. The van der Waals surface area contributed by atoms with Crippen molar-refractivity contribution in [1.29, 1.82) is 0 Å². The van der Waals surface area contributed by atoms with Gasteiger partial charge in [-0.2, -0.15) is 0 Å². The van der Waals surface area contributed by atoms with Gasteiger partial charge in [-0.1, -0.05) is 49.6 Å². The number of anilines is 2. The molecule has 1 amide bonds. The van der Waals surface area contributed by atoms with Crippen LogP contribution in [0.2, 0.25) is 0 Å². The van der Waals surface area contributed by atoms with E-state index in [4.69, 9.17) is 0 Å². The molecule has 2 aromatic rings. The van der Waals surface area contributed by atoms with Gasteiger partial charge in [-0.15, -0.1) is 0 Å². The fourth-order valence-corrected chi connectivity index (χ4v) is 3.34. The van der Waals surface area contributed by atoms with Crippen LogP contribution in [0.3, 0.4) is 0 Å². The summed E-state index contributed by atoms with van der Waals surface area (Å²) in [5, 5.41) is 6.33. The zero-order chi connectivity index (χ0) is 17.3. The van der Waals surface area contributed by atoms with Gasteiger partial charge in [-0.05, 0) is 43.4 Å². The summed E-state index contributed by atoms with van der Waals surface area (Å²) >= 11 is 0. The molecular weight excluding hydrogens is 310 g/mol. The monoisotopic (exact) mass is 337 g/mol. The molecule has 0 spiro atoms. The van der Waals surface area contributed by atoms with Crippen molar-refractivity contribution in [1.82, 2.24) is 4.98 Å². The Kier molecular flexibility index (Phi) is 6.43. The van der Waals surface area contributed by atoms with Crippen LogP contribution in [0.4, 0.5) is 11.5 Å². The zero-order valence-electron chi connectivity index (χ0n) is 14.7. The van der Waals surface area contributed by atoms with Crippen molar-refractivity contribution in [2.75, 3.05) is 17.2 Å². The van der Waals surface area contributed by atoms with Crippen molar-refractivity contribution in [2.24, 2.45) is 5.92 Å². The van der Waals surface area contributed by atoms with Gasteiger partial charge in [0.05, 0.1) is 11.9 Å². The lowest BCUT2D eigenvalue weighted by atomic mass is 9.88. The van der Waals surface area contributed by atoms with Crippen LogP contribution in [-0.4, -0.2) is 17.4 Å². The molecule has 1 fully saturated rings. The second-order valence-electron chi connectivity index (χ2n) is 6.77. The predicted octanol–water partition coefficient (Wildman–Crippen LogP) is 4.65. The Balaban J connectivity index is 1.40. The van der Waals surface area contributed by atoms with Crippen LogP contribution in [-0.2, 0) is 11.2 Å². The summed E-state index contributed by atoms with van der Waals surface area (Å²) in [6, 6.07) is 14.4. The standard InChI is InChI=1S/C21H27N3O/c25-21(18-11-5-2-6-12-18)24-19-13-14-20(23-16-19)22-15-7-10-17-8-3-1-4-9-17/h1,3-4,8-9,13-14,16,18H,2,5-7,10-12,15H2,(H,22,23)(H,24,25). The van der Waals surface area contributed by atoms with Gasteiger partial charge in [-0.3, -0.25) is 4.79 Å². The van der Waals surface area contributed by atoms with E-state index in [-0.39, 0.29) is 11.8 Å². The van der Waals surface area contributed by atoms with E-state index < -0.39 is 0 Å². The second-order valence-corrected chi connectivity index (χ2v) is 6.77. The minimum absolute atomic E-state index is 0.144. The molecule has 0 saturated heterocycles. The molecule has 2 N–H and O–H groups in total. The van der Waals surface area contributed by atoms with Crippen molar-refractivity contribution in [2.45, 2.75) is 44.9 Å². The van der Waals surface area contributed by atoms with E-state index in [2.05, 4.69) is 39.9 Å². The SMILES string of the molecule is O=C(Nc1ccc(NCCCc2ccccc2)nc1)C1CCCCC1. The quantitative estimate of drug-likeness (QED) is 0.723. The number of aromatic nitrogens is 1. The molecule has 0 bridgehead atoms. The average Bonchev–Trinajstić information content (AvgIpc) is 2.68. The van der Waals surface area contributed by atoms with E-state index in [1.807, 2.05) is 18.2 Å². The van der Waals surface area contributed by atoms with Crippen LogP contribution >= 0.6 is 0 Å². The van der Waals surface area contributed by atoms with Crippen LogP contribution in [0.1, 0.15) is 44.1 Å². The van der Waals surface area contributed by atoms with Gasteiger partial charge in [0.2, 0.25) is 5.91 Å². The number of carbonyl (C=O) groups is 1. The van der Waals surface area contributed by atoms with Gasteiger partial charge in [0.25, 0.3) is 0 Å². The highest BCUT2D eigenvalue weighted by molar-refractivity contribution is 5.92. The smallest absolute Gasteiger partial charge is 0.227 e. The summed E-state index contributed by atoms with van der Waals surface area (Å²) in [6.45, 7) is 0.885. The Labute approximate surface area is 150 Å². The van der Waals surface area contributed by atoms with Crippen molar-refractivity contribution < 1.29 is 4.79 Å². The molecule has 0 atom stereocenters. The lowest BCUT2D eigenvalue weighted by Gasteiger charge is -2.20. The lowest BCUT2D eigenvalue weighted by molar-refractivity contribution is -0.120. The van der Waals surface area contributed by atoms with Crippen LogP contribution < -0.4 is 10.6 Å². The first kappa shape index (κ1) is 17.5. The number of amides is 1. The van der Waals surface area contributed by atoms with Crippen molar-refractivity contribution in [3.05, 3.63) is 54.2 Å². The van der Waals surface area contributed by atoms with Crippen LogP contribution in [0.25, 0.3) is 0 Å². The summed E-state index contributed by atoms with van der Waals surface area (Å²) in [5.41, 5.74) is 2.14. The topological polar surface area (TPSA) is 54.0 Å². The maximum Gasteiger partial charge on any atom is 0.227 e. The third kappa shape index (κ3) is 5.59. The molecule has 1 saturated carbocycles. The number of nitrogens with zero attached hydrogens (tertiary/aromatic N) is 1. The number of carbonyl (C=O) groups excluding carboxylic acids is 1. The second kappa shape index (κ2) is 9.21. The van der Waals surface area contributed by atoms with Crippen molar-refractivity contribution in [3.63, 3.8) is 0 Å². The maximum absolute atomic E-state index is 12.2.